The summed E-state index contributed by atoms with van der Waals surface area (Å²) in [5, 5.41) is 9.58. The first kappa shape index (κ1) is 20.0. The monoisotopic (exact) mass is 372 g/mol. The Morgan fingerprint density at radius 2 is 1.85 bits per heavy atom. The molecule has 0 atom stereocenters. The highest BCUT2D eigenvalue weighted by Crippen LogP contribution is 2.14. The van der Waals surface area contributed by atoms with Crippen LogP contribution in [0, 0.1) is 6.92 Å². The van der Waals surface area contributed by atoms with E-state index in [9.17, 15) is 4.79 Å². The standard InChI is InChI=1S/C20H28N4OS/c1-14-9-10-17(26-14)13-23-19(21-5)22-12-15-7-6-8-16(11-15)18(25)24-20(2,3)4/h6-11H,12-13H2,1-5H3,(H,24,25)(H2,21,22,23). The van der Waals surface area contributed by atoms with Gasteiger partial charge in [0.1, 0.15) is 0 Å². The summed E-state index contributed by atoms with van der Waals surface area (Å²) in [7, 11) is 1.75. The second-order valence-electron chi connectivity index (χ2n) is 7.20. The molecule has 6 heteroatoms. The van der Waals surface area contributed by atoms with Gasteiger partial charge in [0.25, 0.3) is 5.91 Å². The lowest BCUT2D eigenvalue weighted by atomic mass is 10.1. The highest BCUT2D eigenvalue weighted by Gasteiger charge is 2.15. The van der Waals surface area contributed by atoms with Gasteiger partial charge < -0.3 is 16.0 Å². The number of rotatable bonds is 5. The molecule has 1 aromatic carbocycles. The number of thiophene rings is 1. The molecule has 5 nitrogen and oxygen atoms in total. The third-order valence-electron chi connectivity index (χ3n) is 3.59. The van der Waals surface area contributed by atoms with Crippen LogP contribution in [0.5, 0.6) is 0 Å². The highest BCUT2D eigenvalue weighted by atomic mass is 32.1. The zero-order chi connectivity index (χ0) is 19.2. The van der Waals surface area contributed by atoms with E-state index in [1.165, 1.54) is 9.75 Å². The lowest BCUT2D eigenvalue weighted by Gasteiger charge is -2.20. The van der Waals surface area contributed by atoms with Gasteiger partial charge in [-0.25, -0.2) is 0 Å². The minimum atomic E-state index is -0.253. The number of amides is 1. The first-order valence-electron chi connectivity index (χ1n) is 8.68. The Balaban J connectivity index is 1.91. The van der Waals surface area contributed by atoms with Gasteiger partial charge in [-0.2, -0.15) is 0 Å². The molecule has 2 aromatic rings. The number of aryl methyl sites for hydroxylation is 1. The molecule has 0 bridgehead atoms. The maximum Gasteiger partial charge on any atom is 0.251 e. The number of guanidine groups is 1. The third kappa shape index (κ3) is 6.52. The molecule has 0 aliphatic heterocycles. The normalized spacial score (nSPS) is 12.0. The number of benzene rings is 1. The highest BCUT2D eigenvalue weighted by molar-refractivity contribution is 7.11. The van der Waals surface area contributed by atoms with E-state index in [1.54, 1.807) is 18.4 Å². The fraction of sp³-hybridized carbons (Fsp3) is 0.400. The van der Waals surface area contributed by atoms with Crippen LogP contribution in [-0.2, 0) is 13.1 Å². The summed E-state index contributed by atoms with van der Waals surface area (Å²) in [6.45, 7) is 9.36. The Hall–Kier alpha value is -2.34. The number of carbonyl (C=O) groups is 1. The smallest absolute Gasteiger partial charge is 0.251 e. The molecule has 0 radical (unpaired) electrons. The molecule has 0 aliphatic carbocycles. The first-order chi connectivity index (χ1) is 12.3. The van der Waals surface area contributed by atoms with E-state index < -0.39 is 0 Å². The maximum atomic E-state index is 12.3. The molecule has 0 unspecified atom stereocenters. The summed E-state index contributed by atoms with van der Waals surface area (Å²) >= 11 is 1.77. The lowest BCUT2D eigenvalue weighted by Crippen LogP contribution is -2.40. The maximum absolute atomic E-state index is 12.3. The summed E-state index contributed by atoms with van der Waals surface area (Å²) in [4.78, 5) is 19.1. The topological polar surface area (TPSA) is 65.5 Å². The van der Waals surface area contributed by atoms with Crippen molar-refractivity contribution in [3.05, 3.63) is 57.3 Å². The molecule has 0 spiro atoms. The molecule has 0 saturated carbocycles. The van der Waals surface area contributed by atoms with Crippen LogP contribution in [0.15, 0.2) is 41.4 Å². The fourth-order valence-corrected chi connectivity index (χ4v) is 3.22. The van der Waals surface area contributed by atoms with Gasteiger partial charge in [0.15, 0.2) is 5.96 Å². The molecular formula is C20H28N4OS. The number of nitrogens with one attached hydrogen (secondary N) is 3. The molecular weight excluding hydrogens is 344 g/mol. The van der Waals surface area contributed by atoms with E-state index in [4.69, 9.17) is 0 Å². The van der Waals surface area contributed by atoms with Crippen molar-refractivity contribution in [1.29, 1.82) is 0 Å². The Bertz CT molecular complexity index is 774. The zero-order valence-corrected chi connectivity index (χ0v) is 17.0. The van der Waals surface area contributed by atoms with E-state index in [0.29, 0.717) is 12.1 Å². The molecule has 140 valence electrons. The van der Waals surface area contributed by atoms with Crippen molar-refractivity contribution >= 4 is 23.2 Å². The second-order valence-corrected chi connectivity index (χ2v) is 8.57. The van der Waals surface area contributed by atoms with Crippen LogP contribution in [0.1, 0.15) is 46.4 Å². The summed E-state index contributed by atoms with van der Waals surface area (Å²) in [5.41, 5.74) is 1.44. The average molecular weight is 373 g/mol. The fourth-order valence-electron chi connectivity index (χ4n) is 2.39. The number of carbonyl (C=O) groups excluding carboxylic acids is 1. The predicted molar refractivity (Wildman–Crippen MR) is 110 cm³/mol. The quantitative estimate of drug-likeness (QED) is 0.556. The van der Waals surface area contributed by atoms with Gasteiger partial charge >= 0.3 is 0 Å². The van der Waals surface area contributed by atoms with Crippen molar-refractivity contribution in [3.8, 4) is 0 Å². The van der Waals surface area contributed by atoms with Crippen molar-refractivity contribution in [2.45, 2.75) is 46.3 Å². The number of aliphatic imine (C=N–C) groups is 1. The molecule has 1 heterocycles. The largest absolute Gasteiger partial charge is 0.352 e. The lowest BCUT2D eigenvalue weighted by molar-refractivity contribution is 0.0919. The molecule has 0 fully saturated rings. The van der Waals surface area contributed by atoms with Crippen molar-refractivity contribution in [2.24, 2.45) is 4.99 Å². The SMILES string of the molecule is CN=C(NCc1cccc(C(=O)NC(C)(C)C)c1)NCc1ccc(C)s1. The van der Waals surface area contributed by atoms with Crippen LogP contribution in [0.3, 0.4) is 0 Å². The van der Waals surface area contributed by atoms with Gasteiger partial charge in [-0.05, 0) is 57.5 Å². The molecule has 0 aliphatic rings. The Morgan fingerprint density at radius 3 is 2.46 bits per heavy atom. The minimum absolute atomic E-state index is 0.0603. The van der Waals surface area contributed by atoms with Gasteiger partial charge in [-0.1, -0.05) is 12.1 Å². The summed E-state index contributed by atoms with van der Waals surface area (Å²) < 4.78 is 0. The Kier molecular flexibility index (Phi) is 6.80. The van der Waals surface area contributed by atoms with Gasteiger partial charge in [0.2, 0.25) is 0 Å². The molecule has 3 N–H and O–H groups in total. The molecule has 26 heavy (non-hydrogen) atoms. The summed E-state index contributed by atoms with van der Waals surface area (Å²) in [5.74, 6) is 0.676. The second kappa shape index (κ2) is 8.85. The Labute approximate surface area is 159 Å². The molecule has 2 rings (SSSR count). The molecule has 1 aromatic heterocycles. The molecule has 0 saturated heterocycles. The van der Waals surface area contributed by atoms with E-state index in [-0.39, 0.29) is 11.4 Å². The van der Waals surface area contributed by atoms with Gasteiger partial charge in [-0.15, -0.1) is 11.3 Å². The van der Waals surface area contributed by atoms with E-state index in [1.807, 2.05) is 45.0 Å². The van der Waals surface area contributed by atoms with E-state index >= 15 is 0 Å². The first-order valence-corrected chi connectivity index (χ1v) is 9.50. The van der Waals surface area contributed by atoms with Crippen LogP contribution >= 0.6 is 11.3 Å². The van der Waals surface area contributed by atoms with Crippen molar-refractivity contribution < 1.29 is 4.79 Å². The minimum Gasteiger partial charge on any atom is -0.352 e. The average Bonchev–Trinajstić information content (AvgIpc) is 2.99. The van der Waals surface area contributed by atoms with Crippen molar-refractivity contribution in [3.63, 3.8) is 0 Å². The van der Waals surface area contributed by atoms with Crippen LogP contribution < -0.4 is 16.0 Å². The van der Waals surface area contributed by atoms with Gasteiger partial charge in [0, 0.05) is 34.4 Å². The molecule has 1 amide bonds. The van der Waals surface area contributed by atoms with Crippen LogP contribution in [-0.4, -0.2) is 24.5 Å². The number of hydrogen-bond acceptors (Lipinski definition) is 3. The number of nitrogens with zero attached hydrogens (tertiary/aromatic N) is 1. The summed E-state index contributed by atoms with van der Waals surface area (Å²) in [6, 6.07) is 11.9. The van der Waals surface area contributed by atoms with Gasteiger partial charge in [0.05, 0.1) is 6.54 Å². The van der Waals surface area contributed by atoms with Crippen molar-refractivity contribution in [1.82, 2.24) is 16.0 Å². The van der Waals surface area contributed by atoms with Crippen molar-refractivity contribution in [2.75, 3.05) is 7.05 Å². The van der Waals surface area contributed by atoms with Crippen LogP contribution in [0.4, 0.5) is 0 Å². The van der Waals surface area contributed by atoms with Crippen LogP contribution in [0.2, 0.25) is 0 Å². The Morgan fingerprint density at radius 1 is 1.12 bits per heavy atom. The van der Waals surface area contributed by atoms with Crippen LogP contribution in [0.25, 0.3) is 0 Å². The predicted octanol–water partition coefficient (Wildman–Crippen LogP) is 3.45. The van der Waals surface area contributed by atoms with E-state index in [2.05, 4.69) is 40.0 Å². The van der Waals surface area contributed by atoms with Gasteiger partial charge in [-0.3, -0.25) is 9.79 Å². The van der Waals surface area contributed by atoms with E-state index in [0.717, 1.165) is 18.1 Å². The zero-order valence-electron chi connectivity index (χ0n) is 16.1. The third-order valence-corrected chi connectivity index (χ3v) is 4.59. The summed E-state index contributed by atoms with van der Waals surface area (Å²) in [6.07, 6.45) is 0. The number of hydrogen-bond donors (Lipinski definition) is 3.